The molecule has 0 aromatic heterocycles. The molecule has 3 rings (SSSR count). The smallest absolute Gasteiger partial charge is 0.260 e. The number of ether oxygens (including phenoxy) is 3. The van der Waals surface area contributed by atoms with Crippen LogP contribution in [0.2, 0.25) is 0 Å². The molecule has 9 heteroatoms. The molecule has 0 bridgehead atoms. The zero-order valence-corrected chi connectivity index (χ0v) is 17.3. The molecule has 0 fully saturated rings. The highest BCUT2D eigenvalue weighted by Gasteiger charge is 2.18. The fourth-order valence-electron chi connectivity index (χ4n) is 2.69. The number of carbonyl (C=O) groups excluding carboxylic acids is 2. The quantitative estimate of drug-likeness (QED) is 0.677. The Kier molecular flexibility index (Phi) is 6.92. The lowest BCUT2D eigenvalue weighted by Crippen LogP contribution is -2.40. The minimum Gasteiger partial charge on any atom is -0.486 e. The Morgan fingerprint density at radius 3 is 2.66 bits per heavy atom. The molecule has 1 heterocycles. The number of rotatable bonds is 7. The van der Waals surface area contributed by atoms with E-state index >= 15 is 0 Å². The first-order valence-electron chi connectivity index (χ1n) is 9.01. The predicted octanol–water partition coefficient (Wildman–Crippen LogP) is 3.23. The molecule has 0 radical (unpaired) electrons. The first-order chi connectivity index (χ1) is 14.0. The second kappa shape index (κ2) is 9.60. The normalized spacial score (nSPS) is 12.2. The number of hydrogen-bond acceptors (Lipinski definition) is 5. The zero-order chi connectivity index (χ0) is 20.8. The van der Waals surface area contributed by atoms with Gasteiger partial charge in [-0.25, -0.2) is 4.39 Å². The van der Waals surface area contributed by atoms with Crippen LogP contribution in [-0.2, 0) is 9.59 Å². The van der Waals surface area contributed by atoms with Crippen molar-refractivity contribution in [3.63, 3.8) is 0 Å². The van der Waals surface area contributed by atoms with E-state index in [0.29, 0.717) is 41.4 Å². The van der Waals surface area contributed by atoms with E-state index in [2.05, 4.69) is 21.2 Å². The van der Waals surface area contributed by atoms with E-state index in [-0.39, 0.29) is 24.8 Å². The van der Waals surface area contributed by atoms with Gasteiger partial charge in [-0.3, -0.25) is 9.59 Å². The highest BCUT2D eigenvalue weighted by Crippen LogP contribution is 2.32. The van der Waals surface area contributed by atoms with Gasteiger partial charge in [0.2, 0.25) is 5.91 Å². The van der Waals surface area contributed by atoms with Crippen molar-refractivity contribution in [2.45, 2.75) is 6.92 Å². The van der Waals surface area contributed by atoms with Crippen molar-refractivity contribution in [1.82, 2.24) is 4.90 Å². The monoisotopic (exact) mass is 466 g/mol. The summed E-state index contributed by atoms with van der Waals surface area (Å²) in [7, 11) is 0. The van der Waals surface area contributed by atoms with Crippen LogP contribution in [0.4, 0.5) is 10.1 Å². The molecule has 0 spiro atoms. The summed E-state index contributed by atoms with van der Waals surface area (Å²) >= 11 is 3.16. The van der Waals surface area contributed by atoms with E-state index < -0.39 is 11.7 Å². The van der Waals surface area contributed by atoms with Crippen LogP contribution in [0, 0.1) is 5.82 Å². The number of nitrogens with zero attached hydrogens (tertiary/aromatic N) is 1. The van der Waals surface area contributed by atoms with Crippen LogP contribution in [0.1, 0.15) is 6.92 Å². The van der Waals surface area contributed by atoms with E-state index in [0.717, 1.165) is 0 Å². The Labute approximate surface area is 175 Å². The van der Waals surface area contributed by atoms with Crippen LogP contribution >= 0.6 is 15.9 Å². The van der Waals surface area contributed by atoms with Crippen molar-refractivity contribution in [2.75, 3.05) is 38.2 Å². The number of anilines is 1. The summed E-state index contributed by atoms with van der Waals surface area (Å²) in [5, 5.41) is 2.73. The molecule has 0 aliphatic carbocycles. The van der Waals surface area contributed by atoms with Crippen molar-refractivity contribution < 1.29 is 28.2 Å². The van der Waals surface area contributed by atoms with E-state index in [9.17, 15) is 14.0 Å². The highest BCUT2D eigenvalue weighted by atomic mass is 79.9. The van der Waals surface area contributed by atoms with Gasteiger partial charge in [0.25, 0.3) is 5.91 Å². The standard InChI is InChI=1S/C20H20BrFN2O5/c1-2-24(20(26)12-29-16-5-3-13(21)9-15(16)22)11-19(25)23-14-4-6-17-18(10-14)28-8-7-27-17/h3-6,9-10H,2,7-8,11-12H2,1H3,(H,23,25). The number of carbonyl (C=O) groups is 2. The van der Waals surface area contributed by atoms with Crippen molar-refractivity contribution >= 4 is 33.4 Å². The number of nitrogens with one attached hydrogen (secondary N) is 1. The van der Waals surface area contributed by atoms with Crippen molar-refractivity contribution in [3.05, 3.63) is 46.7 Å². The maximum absolute atomic E-state index is 13.8. The summed E-state index contributed by atoms with van der Waals surface area (Å²) in [5.41, 5.74) is 0.538. The van der Waals surface area contributed by atoms with Gasteiger partial charge in [-0.05, 0) is 37.3 Å². The Morgan fingerprint density at radius 1 is 1.17 bits per heavy atom. The summed E-state index contributed by atoms with van der Waals surface area (Å²) in [5.74, 6) is -0.219. The third-order valence-electron chi connectivity index (χ3n) is 4.14. The topological polar surface area (TPSA) is 77.1 Å². The molecular formula is C20H20BrFN2O5. The van der Waals surface area contributed by atoms with Gasteiger partial charge in [0.15, 0.2) is 29.7 Å². The number of likely N-dealkylation sites (N-methyl/N-ethyl adjacent to an activating group) is 1. The van der Waals surface area contributed by atoms with Gasteiger partial charge in [-0.1, -0.05) is 15.9 Å². The van der Waals surface area contributed by atoms with Crippen molar-refractivity contribution in [3.8, 4) is 17.2 Å². The van der Waals surface area contributed by atoms with Crippen LogP contribution in [0.5, 0.6) is 17.2 Å². The third kappa shape index (κ3) is 5.60. The van der Waals surface area contributed by atoms with Gasteiger partial charge in [0, 0.05) is 22.8 Å². The summed E-state index contributed by atoms with van der Waals surface area (Å²) in [6.07, 6.45) is 0. The van der Waals surface area contributed by atoms with Crippen LogP contribution in [0.25, 0.3) is 0 Å². The Morgan fingerprint density at radius 2 is 1.93 bits per heavy atom. The van der Waals surface area contributed by atoms with Gasteiger partial charge >= 0.3 is 0 Å². The largest absolute Gasteiger partial charge is 0.486 e. The molecule has 0 saturated heterocycles. The average Bonchev–Trinajstić information content (AvgIpc) is 2.71. The molecule has 0 atom stereocenters. The molecule has 1 aliphatic heterocycles. The molecule has 2 aromatic rings. The fourth-order valence-corrected chi connectivity index (χ4v) is 3.03. The van der Waals surface area contributed by atoms with Gasteiger partial charge in [0.1, 0.15) is 13.2 Å². The molecule has 7 nitrogen and oxygen atoms in total. The average molecular weight is 467 g/mol. The second-order valence-electron chi connectivity index (χ2n) is 6.18. The molecular weight excluding hydrogens is 447 g/mol. The lowest BCUT2D eigenvalue weighted by Gasteiger charge is -2.21. The SMILES string of the molecule is CCN(CC(=O)Nc1ccc2c(c1)OCCO2)C(=O)COc1ccc(Br)cc1F. The van der Waals surface area contributed by atoms with Crippen molar-refractivity contribution in [1.29, 1.82) is 0 Å². The highest BCUT2D eigenvalue weighted by molar-refractivity contribution is 9.10. The molecule has 2 aromatic carbocycles. The minimum absolute atomic E-state index is 0.0293. The van der Waals surface area contributed by atoms with E-state index in [1.165, 1.54) is 17.0 Å². The third-order valence-corrected chi connectivity index (χ3v) is 4.63. The van der Waals surface area contributed by atoms with Gasteiger partial charge < -0.3 is 24.4 Å². The molecule has 29 heavy (non-hydrogen) atoms. The van der Waals surface area contributed by atoms with Crippen LogP contribution < -0.4 is 19.5 Å². The number of benzene rings is 2. The number of hydrogen-bond donors (Lipinski definition) is 1. The maximum atomic E-state index is 13.8. The van der Waals surface area contributed by atoms with Crippen LogP contribution in [-0.4, -0.2) is 49.6 Å². The van der Waals surface area contributed by atoms with Gasteiger partial charge in [-0.15, -0.1) is 0 Å². The first kappa shape index (κ1) is 20.9. The molecule has 1 aliphatic rings. The summed E-state index contributed by atoms with van der Waals surface area (Å²) in [6, 6.07) is 9.37. The number of amides is 2. The van der Waals surface area contributed by atoms with E-state index in [1.807, 2.05) is 0 Å². The maximum Gasteiger partial charge on any atom is 0.260 e. The van der Waals surface area contributed by atoms with Gasteiger partial charge in [0.05, 0.1) is 6.54 Å². The Bertz CT molecular complexity index is 908. The predicted molar refractivity (Wildman–Crippen MR) is 108 cm³/mol. The summed E-state index contributed by atoms with van der Waals surface area (Å²) < 4.78 is 30.5. The van der Waals surface area contributed by atoms with Crippen molar-refractivity contribution in [2.24, 2.45) is 0 Å². The first-order valence-corrected chi connectivity index (χ1v) is 9.80. The Balaban J connectivity index is 1.54. The molecule has 154 valence electrons. The zero-order valence-electron chi connectivity index (χ0n) is 15.7. The number of halogens is 2. The lowest BCUT2D eigenvalue weighted by molar-refractivity contribution is -0.136. The van der Waals surface area contributed by atoms with E-state index in [4.69, 9.17) is 14.2 Å². The molecule has 0 saturated carbocycles. The summed E-state index contributed by atoms with van der Waals surface area (Å²) in [6.45, 7) is 2.45. The molecule has 1 N–H and O–H groups in total. The Hall–Kier alpha value is -2.81. The van der Waals surface area contributed by atoms with Crippen LogP contribution in [0.15, 0.2) is 40.9 Å². The van der Waals surface area contributed by atoms with Crippen LogP contribution in [0.3, 0.4) is 0 Å². The van der Waals surface area contributed by atoms with E-state index in [1.54, 1.807) is 31.2 Å². The summed E-state index contributed by atoms with van der Waals surface area (Å²) in [4.78, 5) is 26.0. The fraction of sp³-hybridized carbons (Fsp3) is 0.300. The number of fused-ring (bicyclic) bond motifs is 1. The molecule has 0 unspecified atom stereocenters. The van der Waals surface area contributed by atoms with Gasteiger partial charge in [-0.2, -0.15) is 0 Å². The second-order valence-corrected chi connectivity index (χ2v) is 7.09. The molecule has 2 amide bonds. The minimum atomic E-state index is -0.577. The lowest BCUT2D eigenvalue weighted by atomic mass is 10.2.